The zero-order chi connectivity index (χ0) is 21.1. The number of benzene rings is 2. The van der Waals surface area contributed by atoms with Crippen molar-refractivity contribution in [3.05, 3.63) is 70.0 Å². The Kier molecular flexibility index (Phi) is 5.77. The SMILES string of the molecule is Cc1cccc(NC(=O)Cn2nnc(C(=O)Nc3c(C)cccc3C)c2C)c1C. The molecule has 0 fully saturated rings. The van der Waals surface area contributed by atoms with Crippen molar-refractivity contribution in [3.63, 3.8) is 0 Å². The summed E-state index contributed by atoms with van der Waals surface area (Å²) in [5, 5.41) is 13.8. The van der Waals surface area contributed by atoms with Gasteiger partial charge in [-0.25, -0.2) is 4.68 Å². The van der Waals surface area contributed by atoms with E-state index in [1.54, 1.807) is 6.92 Å². The maximum Gasteiger partial charge on any atom is 0.278 e. The van der Waals surface area contributed by atoms with Crippen LogP contribution in [-0.2, 0) is 11.3 Å². The van der Waals surface area contributed by atoms with E-state index in [4.69, 9.17) is 0 Å². The van der Waals surface area contributed by atoms with Gasteiger partial charge in [0.25, 0.3) is 5.91 Å². The smallest absolute Gasteiger partial charge is 0.278 e. The molecule has 2 amide bonds. The Hall–Kier alpha value is -3.48. The lowest BCUT2D eigenvalue weighted by atomic mass is 10.1. The summed E-state index contributed by atoms with van der Waals surface area (Å²) >= 11 is 0. The molecule has 0 atom stereocenters. The Morgan fingerprint density at radius 3 is 2.21 bits per heavy atom. The molecule has 0 bridgehead atoms. The Labute approximate surface area is 170 Å². The summed E-state index contributed by atoms with van der Waals surface area (Å²) in [7, 11) is 0. The van der Waals surface area contributed by atoms with Gasteiger partial charge < -0.3 is 10.6 Å². The van der Waals surface area contributed by atoms with Gasteiger partial charge in [-0.2, -0.15) is 0 Å². The van der Waals surface area contributed by atoms with Crippen LogP contribution in [0.5, 0.6) is 0 Å². The standard InChI is InChI=1S/C22H25N5O2/c1-13-8-7-11-18(16(13)4)23-19(28)12-27-17(5)21(25-26-27)22(29)24-20-14(2)9-6-10-15(20)3/h6-11H,12H2,1-5H3,(H,23,28)(H,24,29). The number of para-hydroxylation sites is 1. The maximum atomic E-state index is 12.7. The van der Waals surface area contributed by atoms with Crippen LogP contribution >= 0.6 is 0 Å². The first-order valence-corrected chi connectivity index (χ1v) is 9.41. The van der Waals surface area contributed by atoms with E-state index < -0.39 is 0 Å². The molecule has 0 aliphatic heterocycles. The second-order valence-corrected chi connectivity index (χ2v) is 7.20. The van der Waals surface area contributed by atoms with Crippen molar-refractivity contribution >= 4 is 23.2 Å². The number of aryl methyl sites for hydroxylation is 3. The van der Waals surface area contributed by atoms with Gasteiger partial charge in [0.1, 0.15) is 6.54 Å². The molecule has 0 aliphatic carbocycles. The van der Waals surface area contributed by atoms with E-state index in [9.17, 15) is 9.59 Å². The molecule has 150 valence electrons. The van der Waals surface area contributed by atoms with Gasteiger partial charge in [0.15, 0.2) is 5.69 Å². The van der Waals surface area contributed by atoms with Crippen LogP contribution in [0.2, 0.25) is 0 Å². The fourth-order valence-electron chi connectivity index (χ4n) is 3.12. The highest BCUT2D eigenvalue weighted by atomic mass is 16.2. The summed E-state index contributed by atoms with van der Waals surface area (Å²) in [5.74, 6) is -0.575. The molecule has 0 aliphatic rings. The molecule has 3 rings (SSSR count). The number of carbonyl (C=O) groups excluding carboxylic acids is 2. The monoisotopic (exact) mass is 391 g/mol. The Balaban J connectivity index is 1.72. The van der Waals surface area contributed by atoms with Gasteiger partial charge in [0.2, 0.25) is 5.91 Å². The molecule has 29 heavy (non-hydrogen) atoms. The predicted octanol–water partition coefficient (Wildman–Crippen LogP) is 3.71. The average molecular weight is 391 g/mol. The summed E-state index contributed by atoms with van der Waals surface area (Å²) in [4.78, 5) is 25.1. The van der Waals surface area contributed by atoms with E-state index in [2.05, 4.69) is 20.9 Å². The second kappa shape index (κ2) is 8.26. The first-order valence-electron chi connectivity index (χ1n) is 9.41. The highest BCUT2D eigenvalue weighted by Crippen LogP contribution is 2.21. The van der Waals surface area contributed by atoms with Crippen molar-refractivity contribution < 1.29 is 9.59 Å². The van der Waals surface area contributed by atoms with Crippen molar-refractivity contribution in [2.24, 2.45) is 0 Å². The fourth-order valence-corrected chi connectivity index (χ4v) is 3.12. The summed E-state index contributed by atoms with van der Waals surface area (Å²) in [5.41, 5.74) is 6.32. The zero-order valence-electron chi connectivity index (χ0n) is 17.3. The number of amides is 2. The third-order valence-corrected chi connectivity index (χ3v) is 5.09. The normalized spacial score (nSPS) is 10.7. The molecular weight excluding hydrogens is 366 g/mol. The summed E-state index contributed by atoms with van der Waals surface area (Å²) in [6.07, 6.45) is 0. The van der Waals surface area contributed by atoms with Crippen LogP contribution < -0.4 is 10.6 Å². The summed E-state index contributed by atoms with van der Waals surface area (Å²) in [6, 6.07) is 11.6. The molecule has 0 radical (unpaired) electrons. The minimum absolute atomic E-state index is 0.0249. The fraction of sp³-hybridized carbons (Fsp3) is 0.273. The van der Waals surface area contributed by atoms with Gasteiger partial charge in [0.05, 0.1) is 5.69 Å². The van der Waals surface area contributed by atoms with E-state index in [0.29, 0.717) is 5.69 Å². The van der Waals surface area contributed by atoms with Gasteiger partial charge in [-0.15, -0.1) is 5.10 Å². The van der Waals surface area contributed by atoms with E-state index in [-0.39, 0.29) is 24.1 Å². The number of rotatable bonds is 5. The molecule has 7 nitrogen and oxygen atoms in total. The lowest BCUT2D eigenvalue weighted by Crippen LogP contribution is -2.21. The van der Waals surface area contributed by atoms with Crippen molar-refractivity contribution in [2.45, 2.75) is 41.2 Å². The molecule has 1 aromatic heterocycles. The molecule has 2 N–H and O–H groups in total. The number of nitrogens with zero attached hydrogens (tertiary/aromatic N) is 3. The number of hydrogen-bond acceptors (Lipinski definition) is 4. The largest absolute Gasteiger partial charge is 0.324 e. The van der Waals surface area contributed by atoms with E-state index in [1.807, 2.05) is 64.1 Å². The highest BCUT2D eigenvalue weighted by molar-refractivity contribution is 6.04. The highest BCUT2D eigenvalue weighted by Gasteiger charge is 2.19. The van der Waals surface area contributed by atoms with Crippen LogP contribution in [0.1, 0.15) is 38.4 Å². The van der Waals surface area contributed by atoms with E-state index >= 15 is 0 Å². The topological polar surface area (TPSA) is 88.9 Å². The van der Waals surface area contributed by atoms with E-state index in [1.165, 1.54) is 4.68 Å². The first kappa shape index (κ1) is 20.3. The molecule has 0 saturated carbocycles. The van der Waals surface area contributed by atoms with Gasteiger partial charge in [-0.1, -0.05) is 35.5 Å². The van der Waals surface area contributed by atoms with Crippen molar-refractivity contribution in [3.8, 4) is 0 Å². The molecule has 2 aromatic carbocycles. The van der Waals surface area contributed by atoms with Crippen LogP contribution in [0.3, 0.4) is 0 Å². The second-order valence-electron chi connectivity index (χ2n) is 7.20. The first-order chi connectivity index (χ1) is 13.8. The third kappa shape index (κ3) is 4.34. The minimum atomic E-state index is -0.346. The minimum Gasteiger partial charge on any atom is -0.324 e. The number of anilines is 2. The number of nitrogens with one attached hydrogen (secondary N) is 2. The number of aromatic nitrogens is 3. The lowest BCUT2D eigenvalue weighted by molar-refractivity contribution is -0.117. The van der Waals surface area contributed by atoms with Crippen LogP contribution in [0.15, 0.2) is 36.4 Å². The van der Waals surface area contributed by atoms with Crippen LogP contribution in [-0.4, -0.2) is 26.8 Å². The van der Waals surface area contributed by atoms with Crippen molar-refractivity contribution in [1.82, 2.24) is 15.0 Å². The summed E-state index contributed by atoms with van der Waals surface area (Å²) < 4.78 is 1.43. The molecule has 0 unspecified atom stereocenters. The van der Waals surface area contributed by atoms with Crippen molar-refractivity contribution in [1.29, 1.82) is 0 Å². The van der Waals surface area contributed by atoms with E-state index in [0.717, 1.165) is 33.6 Å². The lowest BCUT2D eigenvalue weighted by Gasteiger charge is -2.11. The Bertz CT molecular complexity index is 1060. The Morgan fingerprint density at radius 1 is 0.897 bits per heavy atom. The van der Waals surface area contributed by atoms with Crippen molar-refractivity contribution in [2.75, 3.05) is 10.6 Å². The number of hydrogen-bond donors (Lipinski definition) is 2. The predicted molar refractivity (Wildman–Crippen MR) is 113 cm³/mol. The van der Waals surface area contributed by atoms with Gasteiger partial charge in [-0.05, 0) is 62.9 Å². The molecule has 0 saturated heterocycles. The van der Waals surface area contributed by atoms with Gasteiger partial charge >= 0.3 is 0 Å². The van der Waals surface area contributed by atoms with Crippen LogP contribution in [0, 0.1) is 34.6 Å². The molecule has 3 aromatic rings. The van der Waals surface area contributed by atoms with Crippen LogP contribution in [0.4, 0.5) is 11.4 Å². The maximum absolute atomic E-state index is 12.7. The average Bonchev–Trinajstić information content (AvgIpc) is 3.02. The van der Waals surface area contributed by atoms with Gasteiger partial charge in [-0.3, -0.25) is 9.59 Å². The Morgan fingerprint density at radius 2 is 1.52 bits per heavy atom. The molecule has 7 heteroatoms. The molecule has 1 heterocycles. The quantitative estimate of drug-likeness (QED) is 0.694. The van der Waals surface area contributed by atoms with Gasteiger partial charge in [0, 0.05) is 11.4 Å². The third-order valence-electron chi connectivity index (χ3n) is 5.09. The molecular formula is C22H25N5O2. The molecule has 0 spiro atoms. The van der Waals surface area contributed by atoms with Crippen LogP contribution in [0.25, 0.3) is 0 Å². The number of carbonyl (C=O) groups is 2. The summed E-state index contributed by atoms with van der Waals surface area (Å²) in [6.45, 7) is 9.52. The zero-order valence-corrected chi connectivity index (χ0v) is 17.3.